The summed E-state index contributed by atoms with van der Waals surface area (Å²) >= 11 is 0. The third kappa shape index (κ3) is 3.71. The molecule has 2 aromatic rings. The van der Waals surface area contributed by atoms with E-state index in [4.69, 9.17) is 4.42 Å². The van der Waals surface area contributed by atoms with Crippen molar-refractivity contribution >= 4 is 17.0 Å². The first-order valence-corrected chi connectivity index (χ1v) is 8.72. The van der Waals surface area contributed by atoms with Gasteiger partial charge in [0.25, 0.3) is 0 Å². The highest BCUT2D eigenvalue weighted by Crippen LogP contribution is 2.38. The Balaban J connectivity index is 1.61. The van der Waals surface area contributed by atoms with Crippen LogP contribution in [0.25, 0.3) is 11.1 Å². The Morgan fingerprint density at radius 3 is 2.83 bits per heavy atom. The summed E-state index contributed by atoms with van der Waals surface area (Å²) in [6, 6.07) is 7.52. The van der Waals surface area contributed by atoms with Crippen molar-refractivity contribution < 1.29 is 9.21 Å². The highest BCUT2D eigenvalue weighted by molar-refractivity contribution is 5.77. The first kappa shape index (κ1) is 16.8. The van der Waals surface area contributed by atoms with E-state index in [1.807, 2.05) is 18.2 Å². The van der Waals surface area contributed by atoms with Gasteiger partial charge in [0.15, 0.2) is 5.58 Å². The minimum Gasteiger partial charge on any atom is -0.408 e. The lowest BCUT2D eigenvalue weighted by atomic mass is 9.70. The molecule has 1 heterocycles. The van der Waals surface area contributed by atoms with Crippen LogP contribution in [0.1, 0.15) is 46.5 Å². The summed E-state index contributed by atoms with van der Waals surface area (Å²) < 4.78 is 6.73. The average Bonchev–Trinajstić information content (AvgIpc) is 2.78. The molecule has 24 heavy (non-hydrogen) atoms. The second-order valence-electron chi connectivity index (χ2n) is 7.92. The molecule has 1 aromatic heterocycles. The van der Waals surface area contributed by atoms with Crippen molar-refractivity contribution in [2.45, 2.75) is 59.0 Å². The predicted molar refractivity (Wildman–Crippen MR) is 93.8 cm³/mol. The van der Waals surface area contributed by atoms with Crippen LogP contribution < -0.4 is 11.1 Å². The van der Waals surface area contributed by atoms with Crippen LogP contribution in [0.2, 0.25) is 0 Å². The summed E-state index contributed by atoms with van der Waals surface area (Å²) in [7, 11) is 0. The normalized spacial score (nSPS) is 23.3. The summed E-state index contributed by atoms with van der Waals surface area (Å²) in [5, 5.41) is 3.15. The van der Waals surface area contributed by atoms with E-state index in [-0.39, 0.29) is 23.8 Å². The molecule has 1 amide bonds. The van der Waals surface area contributed by atoms with E-state index in [1.165, 1.54) is 11.0 Å². The molecule has 1 aliphatic rings. The lowest BCUT2D eigenvalue weighted by molar-refractivity contribution is -0.122. The van der Waals surface area contributed by atoms with Crippen molar-refractivity contribution in [3.8, 4) is 0 Å². The molecule has 1 aliphatic carbocycles. The number of fused-ring (bicyclic) bond motifs is 1. The SMILES string of the molecule is C[C@H]1C[C@@H](NC(=O)CCn2c(=O)oc3ccccc32)CC(C)(C)C1. The van der Waals surface area contributed by atoms with E-state index >= 15 is 0 Å². The molecule has 1 N–H and O–H groups in total. The van der Waals surface area contributed by atoms with Gasteiger partial charge in [0.05, 0.1) is 5.52 Å². The van der Waals surface area contributed by atoms with E-state index < -0.39 is 5.76 Å². The number of rotatable bonds is 4. The number of para-hydroxylation sites is 2. The van der Waals surface area contributed by atoms with Gasteiger partial charge in [-0.3, -0.25) is 9.36 Å². The lowest BCUT2D eigenvalue weighted by Gasteiger charge is -2.39. The fraction of sp³-hybridized carbons (Fsp3) is 0.579. The maximum absolute atomic E-state index is 12.3. The molecule has 1 saturated carbocycles. The van der Waals surface area contributed by atoms with Gasteiger partial charge in [-0.15, -0.1) is 0 Å². The van der Waals surface area contributed by atoms with Gasteiger partial charge < -0.3 is 9.73 Å². The van der Waals surface area contributed by atoms with Crippen LogP contribution in [0.5, 0.6) is 0 Å². The molecular weight excluding hydrogens is 304 g/mol. The molecule has 0 unspecified atom stereocenters. The van der Waals surface area contributed by atoms with Crippen LogP contribution in [0.3, 0.4) is 0 Å². The van der Waals surface area contributed by atoms with Crippen LogP contribution in [0.15, 0.2) is 33.5 Å². The third-order valence-electron chi connectivity index (χ3n) is 4.89. The minimum absolute atomic E-state index is 0.00193. The zero-order chi connectivity index (χ0) is 17.3. The largest absolute Gasteiger partial charge is 0.419 e. The highest BCUT2D eigenvalue weighted by atomic mass is 16.4. The van der Waals surface area contributed by atoms with Crippen molar-refractivity contribution in [3.63, 3.8) is 0 Å². The summed E-state index contributed by atoms with van der Waals surface area (Å²) in [5.41, 5.74) is 1.57. The minimum atomic E-state index is -0.406. The van der Waals surface area contributed by atoms with Gasteiger partial charge in [-0.05, 0) is 42.7 Å². The topological polar surface area (TPSA) is 64.2 Å². The molecular formula is C19H26N2O3. The molecule has 0 bridgehead atoms. The lowest BCUT2D eigenvalue weighted by Crippen LogP contribution is -2.43. The number of hydrogen-bond acceptors (Lipinski definition) is 3. The van der Waals surface area contributed by atoms with Crippen molar-refractivity contribution in [2.75, 3.05) is 0 Å². The Morgan fingerprint density at radius 1 is 1.33 bits per heavy atom. The number of carbonyl (C=O) groups excluding carboxylic acids is 1. The van der Waals surface area contributed by atoms with Gasteiger partial charge in [0, 0.05) is 19.0 Å². The number of nitrogens with zero attached hydrogens (tertiary/aromatic N) is 1. The molecule has 1 aromatic carbocycles. The van der Waals surface area contributed by atoms with Crippen LogP contribution >= 0.6 is 0 Å². The van der Waals surface area contributed by atoms with E-state index in [2.05, 4.69) is 26.1 Å². The predicted octanol–water partition coefficient (Wildman–Crippen LogP) is 3.32. The quantitative estimate of drug-likeness (QED) is 0.935. The fourth-order valence-electron chi connectivity index (χ4n) is 4.19. The zero-order valence-electron chi connectivity index (χ0n) is 14.7. The number of carbonyl (C=O) groups is 1. The number of nitrogens with one attached hydrogen (secondary N) is 1. The first-order valence-electron chi connectivity index (χ1n) is 8.72. The number of aryl methyl sites for hydroxylation is 1. The zero-order valence-corrected chi connectivity index (χ0v) is 14.7. The standard InChI is InChI=1S/C19H26N2O3/c1-13-10-14(12-19(2,3)11-13)20-17(22)8-9-21-15-6-4-5-7-16(15)24-18(21)23/h4-7,13-14H,8-12H2,1-3H3,(H,20,22)/t13-,14+/m0/s1. The second-order valence-corrected chi connectivity index (χ2v) is 7.92. The average molecular weight is 330 g/mol. The number of hydrogen-bond donors (Lipinski definition) is 1. The van der Waals surface area contributed by atoms with Crippen LogP contribution in [-0.2, 0) is 11.3 Å². The van der Waals surface area contributed by atoms with E-state index in [0.29, 0.717) is 18.0 Å². The van der Waals surface area contributed by atoms with Crippen LogP contribution in [0, 0.1) is 11.3 Å². The first-order chi connectivity index (χ1) is 11.3. The molecule has 0 radical (unpaired) electrons. The van der Waals surface area contributed by atoms with Gasteiger partial charge in [0.2, 0.25) is 5.91 Å². The smallest absolute Gasteiger partial charge is 0.408 e. The molecule has 5 nitrogen and oxygen atoms in total. The van der Waals surface area contributed by atoms with Gasteiger partial charge in [-0.2, -0.15) is 0 Å². The maximum atomic E-state index is 12.3. The Morgan fingerprint density at radius 2 is 2.08 bits per heavy atom. The Hall–Kier alpha value is -2.04. The number of aromatic nitrogens is 1. The van der Waals surface area contributed by atoms with E-state index in [1.54, 1.807) is 6.07 Å². The Labute approximate surface area is 142 Å². The van der Waals surface area contributed by atoms with Gasteiger partial charge in [0.1, 0.15) is 0 Å². The fourth-order valence-corrected chi connectivity index (χ4v) is 4.19. The monoisotopic (exact) mass is 330 g/mol. The second kappa shape index (κ2) is 6.46. The molecule has 2 atom stereocenters. The third-order valence-corrected chi connectivity index (χ3v) is 4.89. The highest BCUT2D eigenvalue weighted by Gasteiger charge is 2.32. The van der Waals surface area contributed by atoms with Crippen molar-refractivity contribution in [3.05, 3.63) is 34.8 Å². The van der Waals surface area contributed by atoms with E-state index in [0.717, 1.165) is 18.4 Å². The number of benzene rings is 1. The molecule has 0 aliphatic heterocycles. The summed E-state index contributed by atoms with van der Waals surface area (Å²) in [6.45, 7) is 7.11. The summed E-state index contributed by atoms with van der Waals surface area (Å²) in [4.78, 5) is 24.2. The van der Waals surface area contributed by atoms with Crippen molar-refractivity contribution in [1.82, 2.24) is 9.88 Å². The molecule has 5 heteroatoms. The molecule has 0 spiro atoms. The molecule has 130 valence electrons. The number of oxazole rings is 1. The van der Waals surface area contributed by atoms with Gasteiger partial charge in [-0.25, -0.2) is 4.79 Å². The maximum Gasteiger partial charge on any atom is 0.419 e. The summed E-state index contributed by atoms with van der Waals surface area (Å²) in [5.74, 6) is 0.220. The van der Waals surface area contributed by atoms with Crippen LogP contribution in [0.4, 0.5) is 0 Å². The number of amides is 1. The Bertz CT molecular complexity index is 787. The van der Waals surface area contributed by atoms with Crippen molar-refractivity contribution in [1.29, 1.82) is 0 Å². The van der Waals surface area contributed by atoms with E-state index in [9.17, 15) is 9.59 Å². The van der Waals surface area contributed by atoms with Crippen LogP contribution in [-0.4, -0.2) is 16.5 Å². The Kier molecular flexibility index (Phi) is 4.52. The van der Waals surface area contributed by atoms with Gasteiger partial charge >= 0.3 is 5.76 Å². The summed E-state index contributed by atoms with van der Waals surface area (Å²) in [6.07, 6.45) is 3.53. The van der Waals surface area contributed by atoms with Gasteiger partial charge in [-0.1, -0.05) is 32.9 Å². The molecule has 3 rings (SSSR count). The molecule has 0 saturated heterocycles. The van der Waals surface area contributed by atoms with Crippen molar-refractivity contribution in [2.24, 2.45) is 11.3 Å². The molecule has 1 fully saturated rings.